The maximum Gasteiger partial charge on any atom is 0.0637 e. The van der Waals surface area contributed by atoms with Crippen LogP contribution in [0.15, 0.2) is 18.5 Å². The molecule has 0 aliphatic heterocycles. The average molecular weight is 210 g/mol. The predicted octanol–water partition coefficient (Wildman–Crippen LogP) is 1.65. The quantitative estimate of drug-likeness (QED) is 0.451. The number of halogens is 1. The maximum atomic E-state index is 5.97. The highest BCUT2D eigenvalue weighted by molar-refractivity contribution is 6.31. The first-order chi connectivity index (χ1) is 6.79. The van der Waals surface area contributed by atoms with Crippen LogP contribution in [-0.4, -0.2) is 4.98 Å². The Balaban J connectivity index is 2.79. The van der Waals surface area contributed by atoms with Gasteiger partial charge in [0.2, 0.25) is 0 Å². The summed E-state index contributed by atoms with van der Waals surface area (Å²) in [5, 5.41) is 0.604. The Labute approximate surface area is 88.6 Å². The molecule has 0 radical (unpaired) electrons. The fourth-order valence-corrected chi connectivity index (χ4v) is 1.48. The number of nitrogens with zero attached hydrogens (tertiary/aromatic N) is 1. The zero-order chi connectivity index (χ0) is 10.4. The molecule has 1 atom stereocenters. The topological polar surface area (TPSA) is 50.9 Å². The molecule has 3 nitrogen and oxygen atoms in total. The zero-order valence-electron chi connectivity index (χ0n) is 7.70. The van der Waals surface area contributed by atoms with Crippen LogP contribution < -0.4 is 11.3 Å². The van der Waals surface area contributed by atoms with E-state index in [9.17, 15) is 0 Å². The molecule has 14 heavy (non-hydrogen) atoms. The third kappa shape index (κ3) is 2.71. The largest absolute Gasteiger partial charge is 0.271 e. The molecule has 4 heteroatoms. The standard InChI is InChI=1S/C10H12ClN3/c1-2-3-4-10(14-12)8-5-6-13-7-9(8)11/h1,5-7,10,14H,3-4,12H2. The van der Waals surface area contributed by atoms with Gasteiger partial charge >= 0.3 is 0 Å². The minimum Gasteiger partial charge on any atom is -0.271 e. The van der Waals surface area contributed by atoms with Crippen molar-refractivity contribution in [1.29, 1.82) is 0 Å². The third-order valence-corrected chi connectivity index (χ3v) is 2.27. The van der Waals surface area contributed by atoms with E-state index in [0.29, 0.717) is 11.4 Å². The number of hydrogen-bond donors (Lipinski definition) is 2. The highest BCUT2D eigenvalue weighted by Gasteiger charge is 2.11. The van der Waals surface area contributed by atoms with Gasteiger partial charge in [-0.05, 0) is 18.1 Å². The van der Waals surface area contributed by atoms with Crippen molar-refractivity contribution in [3.8, 4) is 12.3 Å². The number of rotatable bonds is 4. The fraction of sp³-hybridized carbons (Fsp3) is 0.300. The highest BCUT2D eigenvalue weighted by atomic mass is 35.5. The van der Waals surface area contributed by atoms with Crippen LogP contribution >= 0.6 is 11.6 Å². The first-order valence-corrected chi connectivity index (χ1v) is 4.66. The summed E-state index contributed by atoms with van der Waals surface area (Å²) in [6.07, 6.45) is 9.88. The summed E-state index contributed by atoms with van der Waals surface area (Å²) >= 11 is 5.97. The van der Waals surface area contributed by atoms with Gasteiger partial charge in [0.1, 0.15) is 0 Å². The summed E-state index contributed by atoms with van der Waals surface area (Å²) in [5.41, 5.74) is 3.62. The summed E-state index contributed by atoms with van der Waals surface area (Å²) in [6, 6.07) is 1.82. The summed E-state index contributed by atoms with van der Waals surface area (Å²) in [5.74, 6) is 7.98. The Hall–Kier alpha value is -1.08. The molecule has 0 saturated carbocycles. The lowest BCUT2D eigenvalue weighted by Crippen LogP contribution is -2.28. The third-order valence-electron chi connectivity index (χ3n) is 1.96. The highest BCUT2D eigenvalue weighted by Crippen LogP contribution is 2.24. The molecule has 0 aliphatic carbocycles. The van der Waals surface area contributed by atoms with Gasteiger partial charge in [0.25, 0.3) is 0 Å². The molecule has 74 valence electrons. The van der Waals surface area contributed by atoms with Crippen LogP contribution in [0.1, 0.15) is 24.4 Å². The van der Waals surface area contributed by atoms with Gasteiger partial charge in [-0.3, -0.25) is 16.3 Å². The van der Waals surface area contributed by atoms with Crippen LogP contribution in [0.3, 0.4) is 0 Å². The fourth-order valence-electron chi connectivity index (χ4n) is 1.22. The Morgan fingerprint density at radius 3 is 3.07 bits per heavy atom. The molecule has 0 aromatic carbocycles. The molecule has 0 spiro atoms. The van der Waals surface area contributed by atoms with Gasteiger partial charge in [0.05, 0.1) is 5.02 Å². The molecule has 0 saturated heterocycles. The summed E-state index contributed by atoms with van der Waals surface area (Å²) in [6.45, 7) is 0. The van der Waals surface area contributed by atoms with Crippen LogP contribution in [0.2, 0.25) is 5.02 Å². The van der Waals surface area contributed by atoms with E-state index in [4.69, 9.17) is 23.9 Å². The predicted molar refractivity (Wildman–Crippen MR) is 57.4 cm³/mol. The Morgan fingerprint density at radius 1 is 1.71 bits per heavy atom. The number of pyridine rings is 1. The summed E-state index contributed by atoms with van der Waals surface area (Å²) < 4.78 is 0. The van der Waals surface area contributed by atoms with Crippen molar-refractivity contribution in [2.75, 3.05) is 0 Å². The zero-order valence-corrected chi connectivity index (χ0v) is 8.46. The first kappa shape index (κ1) is 11.0. The number of hydrazine groups is 1. The molecule has 0 amide bonds. The molecule has 1 heterocycles. The van der Waals surface area contributed by atoms with Crippen LogP contribution in [0.5, 0.6) is 0 Å². The van der Waals surface area contributed by atoms with Gasteiger partial charge < -0.3 is 0 Å². The Kier molecular flexibility index (Phi) is 4.41. The Morgan fingerprint density at radius 2 is 2.50 bits per heavy atom. The van der Waals surface area contributed by atoms with Gasteiger partial charge in [-0.25, -0.2) is 0 Å². The monoisotopic (exact) mass is 209 g/mol. The molecule has 1 aromatic heterocycles. The van der Waals surface area contributed by atoms with E-state index < -0.39 is 0 Å². The second-order valence-electron chi connectivity index (χ2n) is 2.86. The van der Waals surface area contributed by atoms with E-state index in [0.717, 1.165) is 12.0 Å². The molecule has 0 bridgehead atoms. The van der Waals surface area contributed by atoms with Crippen molar-refractivity contribution < 1.29 is 0 Å². The molecule has 1 unspecified atom stereocenters. The van der Waals surface area contributed by atoms with Crippen molar-refractivity contribution >= 4 is 11.6 Å². The van der Waals surface area contributed by atoms with Crippen molar-refractivity contribution in [3.05, 3.63) is 29.0 Å². The number of nitrogens with two attached hydrogens (primary N) is 1. The van der Waals surface area contributed by atoms with Gasteiger partial charge in [0, 0.05) is 24.9 Å². The van der Waals surface area contributed by atoms with E-state index in [-0.39, 0.29) is 6.04 Å². The second kappa shape index (κ2) is 5.61. The van der Waals surface area contributed by atoms with Crippen LogP contribution in [-0.2, 0) is 0 Å². The molecule has 1 rings (SSSR count). The van der Waals surface area contributed by atoms with E-state index >= 15 is 0 Å². The molecule has 3 N–H and O–H groups in total. The average Bonchev–Trinajstić information content (AvgIpc) is 2.21. The van der Waals surface area contributed by atoms with Crippen LogP contribution in [0.25, 0.3) is 0 Å². The first-order valence-electron chi connectivity index (χ1n) is 4.28. The molecule has 0 fully saturated rings. The van der Waals surface area contributed by atoms with Gasteiger partial charge in [-0.2, -0.15) is 0 Å². The lowest BCUT2D eigenvalue weighted by Gasteiger charge is -2.15. The number of hydrogen-bond acceptors (Lipinski definition) is 3. The molecule has 1 aromatic rings. The maximum absolute atomic E-state index is 5.97. The van der Waals surface area contributed by atoms with Gasteiger partial charge in [-0.15, -0.1) is 12.3 Å². The lowest BCUT2D eigenvalue weighted by atomic mass is 10.0. The second-order valence-corrected chi connectivity index (χ2v) is 3.27. The normalized spacial score (nSPS) is 12.1. The molecular formula is C10H12ClN3. The summed E-state index contributed by atoms with van der Waals surface area (Å²) in [4.78, 5) is 3.90. The van der Waals surface area contributed by atoms with E-state index in [1.165, 1.54) is 0 Å². The van der Waals surface area contributed by atoms with Crippen molar-refractivity contribution in [3.63, 3.8) is 0 Å². The minimum absolute atomic E-state index is 0.0125. The minimum atomic E-state index is -0.0125. The van der Waals surface area contributed by atoms with Crippen LogP contribution in [0, 0.1) is 12.3 Å². The number of aromatic nitrogens is 1. The molecular weight excluding hydrogens is 198 g/mol. The van der Waals surface area contributed by atoms with E-state index in [1.54, 1.807) is 12.4 Å². The number of terminal acetylenes is 1. The van der Waals surface area contributed by atoms with E-state index in [2.05, 4.69) is 16.3 Å². The van der Waals surface area contributed by atoms with Gasteiger partial charge in [-0.1, -0.05) is 11.6 Å². The molecule has 0 aliphatic rings. The van der Waals surface area contributed by atoms with Crippen molar-refractivity contribution in [2.24, 2.45) is 5.84 Å². The SMILES string of the molecule is C#CCCC(NN)c1ccncc1Cl. The summed E-state index contributed by atoms with van der Waals surface area (Å²) in [7, 11) is 0. The van der Waals surface area contributed by atoms with E-state index in [1.807, 2.05) is 6.07 Å². The van der Waals surface area contributed by atoms with Crippen molar-refractivity contribution in [2.45, 2.75) is 18.9 Å². The van der Waals surface area contributed by atoms with Crippen molar-refractivity contribution in [1.82, 2.24) is 10.4 Å². The van der Waals surface area contributed by atoms with Crippen LogP contribution in [0.4, 0.5) is 0 Å². The Bertz CT molecular complexity index is 332. The lowest BCUT2D eigenvalue weighted by molar-refractivity contribution is 0.523. The smallest absolute Gasteiger partial charge is 0.0637 e. The number of nitrogens with one attached hydrogen (secondary N) is 1. The van der Waals surface area contributed by atoms with Gasteiger partial charge in [0.15, 0.2) is 0 Å².